The van der Waals surface area contributed by atoms with E-state index in [-0.39, 0.29) is 11.3 Å². The summed E-state index contributed by atoms with van der Waals surface area (Å²) < 4.78 is 5.03. The number of nitro benzene ring substituents is 1. The zero-order chi connectivity index (χ0) is 16.1. The first kappa shape index (κ1) is 15.8. The summed E-state index contributed by atoms with van der Waals surface area (Å²) in [6.07, 6.45) is 1.84. The Morgan fingerprint density at radius 2 is 1.91 bits per heavy atom. The zero-order valence-corrected chi connectivity index (χ0v) is 12.8. The standard InChI is InChI=1S/C15H14N2O4S/c1-21-11-5-3-10(4-6-11)16-15(18)13-9-12(22-2)7-8-14(13)17(19)20/h3-9H,1-2H3,(H,16,18). The molecule has 2 aromatic rings. The molecule has 1 N–H and O–H groups in total. The van der Waals surface area contributed by atoms with E-state index in [4.69, 9.17) is 4.74 Å². The molecule has 0 radical (unpaired) electrons. The number of amides is 1. The van der Waals surface area contributed by atoms with Crippen LogP contribution in [0.2, 0.25) is 0 Å². The molecule has 0 bridgehead atoms. The first-order chi connectivity index (χ1) is 10.5. The van der Waals surface area contributed by atoms with Crippen LogP contribution in [0.1, 0.15) is 10.4 Å². The molecule has 22 heavy (non-hydrogen) atoms. The van der Waals surface area contributed by atoms with Crippen LogP contribution in [-0.2, 0) is 0 Å². The van der Waals surface area contributed by atoms with Gasteiger partial charge < -0.3 is 10.1 Å². The minimum absolute atomic E-state index is 0.0349. The lowest BCUT2D eigenvalue weighted by Gasteiger charge is -2.08. The van der Waals surface area contributed by atoms with E-state index in [1.165, 1.54) is 23.9 Å². The molecule has 2 aromatic carbocycles. The lowest BCUT2D eigenvalue weighted by Crippen LogP contribution is -2.14. The van der Waals surface area contributed by atoms with Gasteiger partial charge in [0, 0.05) is 16.6 Å². The molecule has 7 heteroatoms. The largest absolute Gasteiger partial charge is 0.497 e. The molecule has 0 saturated heterocycles. The van der Waals surface area contributed by atoms with Crippen LogP contribution >= 0.6 is 11.8 Å². The average Bonchev–Trinajstić information content (AvgIpc) is 2.54. The van der Waals surface area contributed by atoms with Crippen molar-refractivity contribution < 1.29 is 14.5 Å². The summed E-state index contributed by atoms with van der Waals surface area (Å²) in [5, 5.41) is 13.7. The molecule has 2 rings (SSSR count). The number of ether oxygens (including phenoxy) is 1. The minimum Gasteiger partial charge on any atom is -0.497 e. The Morgan fingerprint density at radius 3 is 2.45 bits per heavy atom. The summed E-state index contributed by atoms with van der Waals surface area (Å²) in [5.74, 6) is 0.140. The average molecular weight is 318 g/mol. The molecule has 0 saturated carbocycles. The van der Waals surface area contributed by atoms with Gasteiger partial charge in [-0.2, -0.15) is 0 Å². The Hall–Kier alpha value is -2.54. The van der Waals surface area contributed by atoms with Gasteiger partial charge in [0.15, 0.2) is 0 Å². The van der Waals surface area contributed by atoms with E-state index >= 15 is 0 Å². The van der Waals surface area contributed by atoms with E-state index in [1.54, 1.807) is 37.4 Å². The smallest absolute Gasteiger partial charge is 0.282 e. The first-order valence-electron chi connectivity index (χ1n) is 6.33. The van der Waals surface area contributed by atoms with Crippen LogP contribution in [0.4, 0.5) is 11.4 Å². The van der Waals surface area contributed by atoms with E-state index in [1.807, 2.05) is 6.26 Å². The molecule has 0 aromatic heterocycles. The summed E-state index contributed by atoms with van der Waals surface area (Å²) in [6, 6.07) is 11.2. The van der Waals surface area contributed by atoms with E-state index in [0.717, 1.165) is 4.90 Å². The minimum atomic E-state index is -0.562. The highest BCUT2D eigenvalue weighted by Gasteiger charge is 2.20. The maximum absolute atomic E-state index is 12.3. The number of nitrogens with one attached hydrogen (secondary N) is 1. The summed E-state index contributed by atoms with van der Waals surface area (Å²) in [7, 11) is 1.55. The van der Waals surface area contributed by atoms with Gasteiger partial charge in [-0.3, -0.25) is 14.9 Å². The molecule has 1 amide bonds. The molecular formula is C15H14N2O4S. The quantitative estimate of drug-likeness (QED) is 0.518. The molecule has 114 valence electrons. The Morgan fingerprint density at radius 1 is 1.23 bits per heavy atom. The van der Waals surface area contributed by atoms with E-state index < -0.39 is 10.8 Å². The van der Waals surface area contributed by atoms with Crippen LogP contribution in [0.5, 0.6) is 5.75 Å². The topological polar surface area (TPSA) is 81.5 Å². The van der Waals surface area contributed by atoms with E-state index in [0.29, 0.717) is 11.4 Å². The van der Waals surface area contributed by atoms with Gasteiger partial charge in [-0.15, -0.1) is 11.8 Å². The maximum atomic E-state index is 12.3. The van der Waals surface area contributed by atoms with Gasteiger partial charge in [0.05, 0.1) is 12.0 Å². The number of hydrogen-bond acceptors (Lipinski definition) is 5. The Labute approximate surface area is 131 Å². The molecular weight excluding hydrogens is 304 g/mol. The van der Waals surface area contributed by atoms with Crippen LogP contribution < -0.4 is 10.1 Å². The van der Waals surface area contributed by atoms with Gasteiger partial charge >= 0.3 is 0 Å². The fourth-order valence-corrected chi connectivity index (χ4v) is 2.30. The van der Waals surface area contributed by atoms with Gasteiger partial charge in [0.1, 0.15) is 11.3 Å². The molecule has 0 heterocycles. The number of benzene rings is 2. The number of methoxy groups -OCH3 is 1. The van der Waals surface area contributed by atoms with Gasteiger partial charge in [-0.25, -0.2) is 0 Å². The zero-order valence-electron chi connectivity index (χ0n) is 12.0. The Balaban J connectivity index is 2.29. The van der Waals surface area contributed by atoms with Crippen molar-refractivity contribution in [1.82, 2.24) is 0 Å². The molecule has 0 aliphatic heterocycles. The maximum Gasteiger partial charge on any atom is 0.282 e. The van der Waals surface area contributed by atoms with Crippen molar-refractivity contribution in [1.29, 1.82) is 0 Å². The number of anilines is 1. The summed E-state index contributed by atoms with van der Waals surface area (Å²) in [4.78, 5) is 23.6. The van der Waals surface area contributed by atoms with Crippen LogP contribution in [0.25, 0.3) is 0 Å². The number of rotatable bonds is 5. The number of hydrogen-bond donors (Lipinski definition) is 1. The second-order valence-corrected chi connectivity index (χ2v) is 5.20. The Kier molecular flexibility index (Phi) is 5.00. The summed E-state index contributed by atoms with van der Waals surface area (Å²) >= 11 is 1.41. The van der Waals surface area contributed by atoms with Crippen molar-refractivity contribution in [2.75, 3.05) is 18.7 Å². The number of carbonyl (C=O) groups is 1. The number of thioether (sulfide) groups is 1. The fraction of sp³-hybridized carbons (Fsp3) is 0.133. The van der Waals surface area contributed by atoms with Crippen LogP contribution in [0, 0.1) is 10.1 Å². The molecule has 0 aliphatic carbocycles. The highest BCUT2D eigenvalue weighted by molar-refractivity contribution is 7.98. The van der Waals surface area contributed by atoms with Crippen molar-refractivity contribution in [3.8, 4) is 5.75 Å². The monoisotopic (exact) mass is 318 g/mol. The molecule has 6 nitrogen and oxygen atoms in total. The lowest BCUT2D eigenvalue weighted by molar-refractivity contribution is -0.385. The number of nitro groups is 1. The van der Waals surface area contributed by atoms with Crippen LogP contribution in [0.15, 0.2) is 47.4 Å². The second-order valence-electron chi connectivity index (χ2n) is 4.32. The lowest BCUT2D eigenvalue weighted by atomic mass is 10.1. The highest BCUT2D eigenvalue weighted by atomic mass is 32.2. The molecule has 0 unspecified atom stereocenters. The van der Waals surface area contributed by atoms with Gasteiger partial charge in [-0.1, -0.05) is 0 Å². The third-order valence-electron chi connectivity index (χ3n) is 2.99. The number of carbonyl (C=O) groups excluding carboxylic acids is 1. The van der Waals surface area contributed by atoms with Crippen molar-refractivity contribution in [3.63, 3.8) is 0 Å². The van der Waals surface area contributed by atoms with Crippen molar-refractivity contribution in [3.05, 3.63) is 58.1 Å². The highest BCUT2D eigenvalue weighted by Crippen LogP contribution is 2.26. The fourth-order valence-electron chi connectivity index (χ4n) is 1.86. The predicted octanol–water partition coefficient (Wildman–Crippen LogP) is 3.58. The van der Waals surface area contributed by atoms with E-state index in [9.17, 15) is 14.9 Å². The second kappa shape index (κ2) is 6.95. The first-order valence-corrected chi connectivity index (χ1v) is 7.55. The Bertz CT molecular complexity index is 701. The predicted molar refractivity (Wildman–Crippen MR) is 85.8 cm³/mol. The summed E-state index contributed by atoms with van der Waals surface area (Å²) in [6.45, 7) is 0. The van der Waals surface area contributed by atoms with Crippen molar-refractivity contribution >= 4 is 29.0 Å². The van der Waals surface area contributed by atoms with Gasteiger partial charge in [0.25, 0.3) is 11.6 Å². The molecule has 0 atom stereocenters. The third-order valence-corrected chi connectivity index (χ3v) is 3.72. The van der Waals surface area contributed by atoms with Crippen molar-refractivity contribution in [2.45, 2.75) is 4.90 Å². The number of nitrogens with zero attached hydrogens (tertiary/aromatic N) is 1. The molecule has 0 fully saturated rings. The molecule has 0 aliphatic rings. The van der Waals surface area contributed by atoms with Crippen molar-refractivity contribution in [2.24, 2.45) is 0 Å². The molecule has 0 spiro atoms. The van der Waals surface area contributed by atoms with Gasteiger partial charge in [0.2, 0.25) is 0 Å². The normalized spacial score (nSPS) is 10.1. The van der Waals surface area contributed by atoms with Gasteiger partial charge in [-0.05, 0) is 42.7 Å². The van der Waals surface area contributed by atoms with E-state index in [2.05, 4.69) is 5.32 Å². The SMILES string of the molecule is COc1ccc(NC(=O)c2cc(SC)ccc2[N+](=O)[O-])cc1. The van der Waals surface area contributed by atoms with Crippen LogP contribution in [0.3, 0.4) is 0 Å². The van der Waals surface area contributed by atoms with Crippen LogP contribution in [-0.4, -0.2) is 24.2 Å². The third kappa shape index (κ3) is 3.56. The summed E-state index contributed by atoms with van der Waals surface area (Å²) in [5.41, 5.74) is 0.353.